The molecule has 166 valence electrons. The van der Waals surface area contributed by atoms with E-state index in [1.165, 1.54) is 4.90 Å². The molecule has 1 amide bonds. The maximum Gasteiger partial charge on any atom is 0.417 e. The zero-order valence-electron chi connectivity index (χ0n) is 15.8. The first-order valence-corrected chi connectivity index (χ1v) is 9.31. The standard InChI is InChI=1S/C19H15ClF5N3O3/c20-15-7-12(19(23,24)25)9-26-17(15)28-3-1-27(2-4-28)16(29)10-31-18(30)11-5-13(21)8-14(22)6-11/h5-9H,1-4,10H2. The van der Waals surface area contributed by atoms with Crippen LogP contribution in [-0.2, 0) is 15.7 Å². The lowest BCUT2D eigenvalue weighted by Crippen LogP contribution is -2.50. The van der Waals surface area contributed by atoms with Crippen molar-refractivity contribution in [3.8, 4) is 0 Å². The van der Waals surface area contributed by atoms with Crippen molar-refractivity contribution in [2.45, 2.75) is 6.18 Å². The molecule has 0 unspecified atom stereocenters. The van der Waals surface area contributed by atoms with Crippen LogP contribution in [0.1, 0.15) is 15.9 Å². The van der Waals surface area contributed by atoms with E-state index in [4.69, 9.17) is 16.3 Å². The van der Waals surface area contributed by atoms with Crippen LogP contribution in [0.5, 0.6) is 0 Å². The van der Waals surface area contributed by atoms with Crippen molar-refractivity contribution in [2.75, 3.05) is 37.7 Å². The Morgan fingerprint density at radius 3 is 2.19 bits per heavy atom. The average molecular weight is 464 g/mol. The second-order valence-electron chi connectivity index (χ2n) is 6.63. The maximum absolute atomic E-state index is 13.2. The smallest absolute Gasteiger partial charge is 0.417 e. The molecule has 12 heteroatoms. The van der Waals surface area contributed by atoms with E-state index in [9.17, 15) is 31.5 Å². The van der Waals surface area contributed by atoms with Crippen molar-refractivity contribution in [3.05, 3.63) is 58.2 Å². The van der Waals surface area contributed by atoms with Crippen LogP contribution >= 0.6 is 11.6 Å². The number of hydrogen-bond donors (Lipinski definition) is 0. The third-order valence-electron chi connectivity index (χ3n) is 4.51. The molecule has 6 nitrogen and oxygen atoms in total. The van der Waals surface area contributed by atoms with E-state index in [1.807, 2.05) is 0 Å². The molecule has 0 aliphatic carbocycles. The van der Waals surface area contributed by atoms with Crippen molar-refractivity contribution in [3.63, 3.8) is 0 Å². The van der Waals surface area contributed by atoms with Crippen molar-refractivity contribution in [1.82, 2.24) is 9.88 Å². The summed E-state index contributed by atoms with van der Waals surface area (Å²) in [6.45, 7) is 0.226. The van der Waals surface area contributed by atoms with E-state index in [0.717, 1.165) is 18.2 Å². The van der Waals surface area contributed by atoms with Gasteiger partial charge in [0.2, 0.25) is 0 Å². The highest BCUT2D eigenvalue weighted by molar-refractivity contribution is 6.33. The van der Waals surface area contributed by atoms with Crippen molar-refractivity contribution >= 4 is 29.3 Å². The number of rotatable bonds is 4. The lowest BCUT2D eigenvalue weighted by molar-refractivity contribution is -0.138. The Balaban J connectivity index is 1.53. The highest BCUT2D eigenvalue weighted by atomic mass is 35.5. The van der Waals surface area contributed by atoms with Crippen LogP contribution in [0.4, 0.5) is 27.8 Å². The van der Waals surface area contributed by atoms with Crippen LogP contribution in [0.3, 0.4) is 0 Å². The third kappa shape index (κ3) is 5.60. The molecular weight excluding hydrogens is 449 g/mol. The lowest BCUT2D eigenvalue weighted by Gasteiger charge is -2.35. The lowest BCUT2D eigenvalue weighted by atomic mass is 10.2. The Morgan fingerprint density at radius 2 is 1.65 bits per heavy atom. The molecule has 31 heavy (non-hydrogen) atoms. The molecule has 1 fully saturated rings. The van der Waals surface area contributed by atoms with Gasteiger partial charge in [-0.15, -0.1) is 0 Å². The van der Waals surface area contributed by atoms with E-state index in [2.05, 4.69) is 4.98 Å². The summed E-state index contributed by atoms with van der Waals surface area (Å²) in [4.78, 5) is 30.9. The summed E-state index contributed by atoms with van der Waals surface area (Å²) < 4.78 is 69.3. The number of aromatic nitrogens is 1. The summed E-state index contributed by atoms with van der Waals surface area (Å²) in [5.74, 6) is -3.32. The van der Waals surface area contributed by atoms with Crippen LogP contribution in [0.15, 0.2) is 30.5 Å². The highest BCUT2D eigenvalue weighted by Gasteiger charge is 2.32. The molecule has 2 aromatic rings. The monoisotopic (exact) mass is 463 g/mol. The first-order chi connectivity index (χ1) is 14.5. The van der Waals surface area contributed by atoms with Gasteiger partial charge >= 0.3 is 12.1 Å². The van der Waals surface area contributed by atoms with Gasteiger partial charge in [-0.3, -0.25) is 4.79 Å². The maximum atomic E-state index is 13.2. The fourth-order valence-electron chi connectivity index (χ4n) is 2.96. The fourth-order valence-corrected chi connectivity index (χ4v) is 3.25. The van der Waals surface area contributed by atoms with Gasteiger partial charge in [0.05, 0.1) is 16.1 Å². The average Bonchev–Trinajstić information content (AvgIpc) is 2.70. The molecule has 0 N–H and O–H groups in total. The van der Waals surface area contributed by atoms with Crippen LogP contribution in [-0.4, -0.2) is 54.5 Å². The number of piperazine rings is 1. The SMILES string of the molecule is O=C(OCC(=O)N1CCN(c2ncc(C(F)(F)F)cc2Cl)CC1)c1cc(F)cc(F)c1. The Morgan fingerprint density at radius 1 is 1.03 bits per heavy atom. The minimum absolute atomic E-state index is 0.161. The molecule has 3 rings (SSSR count). The number of carbonyl (C=O) groups excluding carboxylic acids is 2. The summed E-state index contributed by atoms with van der Waals surface area (Å²) in [6, 6.07) is 2.96. The number of nitrogens with zero attached hydrogens (tertiary/aromatic N) is 3. The molecule has 1 aliphatic heterocycles. The second kappa shape index (κ2) is 9.04. The van der Waals surface area contributed by atoms with Crippen LogP contribution in [0, 0.1) is 11.6 Å². The van der Waals surface area contributed by atoms with Gasteiger partial charge in [-0.05, 0) is 18.2 Å². The third-order valence-corrected chi connectivity index (χ3v) is 4.78. The zero-order chi connectivity index (χ0) is 22.8. The van der Waals surface area contributed by atoms with Crippen molar-refractivity contribution in [1.29, 1.82) is 0 Å². The summed E-state index contributed by atoms with van der Waals surface area (Å²) in [6.07, 6.45) is -3.87. The quantitative estimate of drug-likeness (QED) is 0.513. The predicted octanol–water partition coefficient (Wildman–Crippen LogP) is 3.54. The van der Waals surface area contributed by atoms with Crippen LogP contribution in [0.2, 0.25) is 5.02 Å². The van der Waals surface area contributed by atoms with Crippen LogP contribution < -0.4 is 4.90 Å². The number of hydrogen-bond acceptors (Lipinski definition) is 5. The number of pyridine rings is 1. The first kappa shape index (κ1) is 22.7. The molecule has 0 spiro atoms. The van der Waals surface area contributed by atoms with E-state index in [-0.39, 0.29) is 42.6 Å². The molecule has 1 aliphatic rings. The molecule has 1 saturated heterocycles. The minimum atomic E-state index is -4.56. The van der Waals surface area contributed by atoms with Crippen molar-refractivity contribution < 1.29 is 36.3 Å². The van der Waals surface area contributed by atoms with Crippen molar-refractivity contribution in [2.24, 2.45) is 0 Å². The van der Waals surface area contributed by atoms with E-state index < -0.39 is 41.9 Å². The van der Waals surface area contributed by atoms with Gasteiger partial charge in [0, 0.05) is 38.4 Å². The van der Waals surface area contributed by atoms with E-state index in [1.54, 1.807) is 4.90 Å². The summed E-state index contributed by atoms with van der Waals surface area (Å²) in [7, 11) is 0. The summed E-state index contributed by atoms with van der Waals surface area (Å²) in [5, 5.41) is -0.161. The van der Waals surface area contributed by atoms with Crippen LogP contribution in [0.25, 0.3) is 0 Å². The molecule has 2 heterocycles. The summed E-state index contributed by atoms with van der Waals surface area (Å²) >= 11 is 5.94. The number of benzene rings is 1. The number of amides is 1. The normalized spacial score (nSPS) is 14.5. The van der Waals surface area contributed by atoms with Gasteiger partial charge in [-0.2, -0.15) is 13.2 Å². The predicted molar refractivity (Wildman–Crippen MR) is 99.7 cm³/mol. The highest BCUT2D eigenvalue weighted by Crippen LogP contribution is 2.33. The topological polar surface area (TPSA) is 62.7 Å². The van der Waals surface area contributed by atoms with Gasteiger partial charge in [0.1, 0.15) is 17.5 Å². The molecule has 0 radical (unpaired) electrons. The fraction of sp³-hybridized carbons (Fsp3) is 0.316. The zero-order valence-corrected chi connectivity index (χ0v) is 16.5. The van der Waals surface area contributed by atoms with Gasteiger partial charge in [0.15, 0.2) is 6.61 Å². The van der Waals surface area contributed by atoms with Gasteiger partial charge in [0.25, 0.3) is 5.91 Å². The molecule has 0 bridgehead atoms. The van der Waals surface area contributed by atoms with Gasteiger partial charge in [-0.1, -0.05) is 11.6 Å². The number of halogens is 6. The largest absolute Gasteiger partial charge is 0.452 e. The van der Waals surface area contributed by atoms with E-state index >= 15 is 0 Å². The molecular formula is C19H15ClF5N3O3. The first-order valence-electron chi connectivity index (χ1n) is 8.93. The molecule has 0 saturated carbocycles. The van der Waals surface area contributed by atoms with Gasteiger partial charge in [-0.25, -0.2) is 18.6 Å². The minimum Gasteiger partial charge on any atom is -0.452 e. The number of ether oxygens (including phenoxy) is 1. The number of esters is 1. The van der Waals surface area contributed by atoms with Gasteiger partial charge < -0.3 is 14.5 Å². The number of anilines is 1. The Bertz CT molecular complexity index is 974. The molecule has 1 aromatic heterocycles. The summed E-state index contributed by atoms with van der Waals surface area (Å²) in [5.41, 5.74) is -1.33. The Kier molecular flexibility index (Phi) is 6.63. The second-order valence-corrected chi connectivity index (χ2v) is 7.04. The number of carbonyl (C=O) groups is 2. The Hall–Kier alpha value is -2.95. The molecule has 0 atom stereocenters. The molecule has 1 aromatic carbocycles. The van der Waals surface area contributed by atoms with E-state index in [0.29, 0.717) is 12.3 Å². The number of alkyl halides is 3. The Labute approximate surface area is 178 Å².